The van der Waals surface area contributed by atoms with Crippen molar-refractivity contribution in [3.63, 3.8) is 0 Å². The minimum absolute atomic E-state index is 0.0834. The van der Waals surface area contributed by atoms with Gasteiger partial charge >= 0.3 is 6.01 Å². The van der Waals surface area contributed by atoms with E-state index >= 15 is 0 Å². The van der Waals surface area contributed by atoms with Crippen LogP contribution in [0.2, 0.25) is 0 Å². The summed E-state index contributed by atoms with van der Waals surface area (Å²) < 4.78 is 5.32. The van der Waals surface area contributed by atoms with Crippen molar-refractivity contribution < 1.29 is 14.0 Å². The number of aryl methyl sites for hydroxylation is 1. The van der Waals surface area contributed by atoms with Crippen LogP contribution in [-0.2, 0) is 21.4 Å². The first-order valence-electron chi connectivity index (χ1n) is 10.1. The van der Waals surface area contributed by atoms with Crippen LogP contribution in [0.4, 0.5) is 11.7 Å². The van der Waals surface area contributed by atoms with Gasteiger partial charge < -0.3 is 9.73 Å². The van der Waals surface area contributed by atoms with E-state index < -0.39 is 5.41 Å². The molecule has 0 spiro atoms. The molecule has 0 fully saturated rings. The highest BCUT2D eigenvalue weighted by Crippen LogP contribution is 2.26. The van der Waals surface area contributed by atoms with E-state index in [0.717, 1.165) is 16.9 Å². The van der Waals surface area contributed by atoms with Crippen molar-refractivity contribution in [1.82, 2.24) is 4.98 Å². The Morgan fingerprint density at radius 2 is 1.71 bits per heavy atom. The SMILES string of the molecule is CCSc1ccc(CC(=O)Nc2ccc(C(C)(C)C(=O)Nc3ncc(C)o3)cc2)cc1. The summed E-state index contributed by atoms with van der Waals surface area (Å²) in [6.45, 7) is 7.53. The largest absolute Gasteiger partial charge is 0.429 e. The summed E-state index contributed by atoms with van der Waals surface area (Å²) in [4.78, 5) is 30.3. The molecule has 0 aliphatic heterocycles. The fourth-order valence-electron chi connectivity index (χ4n) is 3.03. The highest BCUT2D eigenvalue weighted by molar-refractivity contribution is 7.99. The molecule has 6 nitrogen and oxygen atoms in total. The minimum Gasteiger partial charge on any atom is -0.429 e. The lowest BCUT2D eigenvalue weighted by atomic mass is 9.83. The second-order valence-electron chi connectivity index (χ2n) is 7.73. The maximum Gasteiger partial charge on any atom is 0.301 e. The predicted octanol–water partition coefficient (Wildman–Crippen LogP) is 5.19. The van der Waals surface area contributed by atoms with Gasteiger partial charge in [0.2, 0.25) is 11.8 Å². The summed E-state index contributed by atoms with van der Waals surface area (Å²) in [5.74, 6) is 1.34. The van der Waals surface area contributed by atoms with Crippen molar-refractivity contribution in [3.05, 3.63) is 71.6 Å². The molecule has 0 bridgehead atoms. The van der Waals surface area contributed by atoms with E-state index in [-0.39, 0.29) is 17.8 Å². The van der Waals surface area contributed by atoms with Crippen molar-refractivity contribution in [2.75, 3.05) is 16.4 Å². The van der Waals surface area contributed by atoms with Crippen LogP contribution in [-0.4, -0.2) is 22.6 Å². The van der Waals surface area contributed by atoms with Crippen LogP contribution in [0, 0.1) is 6.92 Å². The molecule has 3 rings (SSSR count). The number of anilines is 2. The van der Waals surface area contributed by atoms with Crippen molar-refractivity contribution in [2.45, 2.75) is 44.4 Å². The molecule has 2 amide bonds. The first-order valence-corrected chi connectivity index (χ1v) is 11.1. The Hall–Kier alpha value is -3.06. The molecule has 0 saturated heterocycles. The van der Waals surface area contributed by atoms with E-state index in [9.17, 15) is 9.59 Å². The van der Waals surface area contributed by atoms with Gasteiger partial charge in [-0.2, -0.15) is 0 Å². The van der Waals surface area contributed by atoms with Crippen LogP contribution in [0.5, 0.6) is 0 Å². The first kappa shape index (κ1) is 22.6. The van der Waals surface area contributed by atoms with Crippen LogP contribution in [0.25, 0.3) is 0 Å². The smallest absolute Gasteiger partial charge is 0.301 e. The number of nitrogens with zero attached hydrogens (tertiary/aromatic N) is 1. The number of aromatic nitrogens is 1. The minimum atomic E-state index is -0.802. The van der Waals surface area contributed by atoms with Gasteiger partial charge in [-0.25, -0.2) is 4.98 Å². The third-order valence-electron chi connectivity index (χ3n) is 4.90. The number of oxazole rings is 1. The number of carbonyl (C=O) groups excluding carboxylic acids is 2. The fourth-order valence-corrected chi connectivity index (χ4v) is 3.69. The highest BCUT2D eigenvalue weighted by atomic mass is 32.2. The Morgan fingerprint density at radius 1 is 1.03 bits per heavy atom. The Labute approximate surface area is 186 Å². The van der Waals surface area contributed by atoms with Gasteiger partial charge in [0.25, 0.3) is 0 Å². The molecule has 2 aromatic carbocycles. The monoisotopic (exact) mass is 437 g/mol. The Kier molecular flexibility index (Phi) is 7.17. The molecule has 0 radical (unpaired) electrons. The topological polar surface area (TPSA) is 84.2 Å². The number of amides is 2. The summed E-state index contributed by atoms with van der Waals surface area (Å²) >= 11 is 1.77. The molecule has 0 saturated carbocycles. The van der Waals surface area contributed by atoms with Crippen LogP contribution in [0.15, 0.2) is 64.0 Å². The molecule has 1 aromatic heterocycles. The van der Waals surface area contributed by atoms with Crippen molar-refractivity contribution in [3.8, 4) is 0 Å². The highest BCUT2D eigenvalue weighted by Gasteiger charge is 2.30. The zero-order valence-electron chi connectivity index (χ0n) is 18.2. The standard InChI is InChI=1S/C24H27N3O3S/c1-5-31-20-12-6-17(7-13-20)14-21(28)26-19-10-8-18(9-11-19)24(3,4)22(29)27-23-25-15-16(2)30-23/h6-13,15H,5,14H2,1-4H3,(H,26,28)(H,25,27,29). The van der Waals surface area contributed by atoms with E-state index in [1.54, 1.807) is 37.0 Å². The number of thioether (sulfide) groups is 1. The van der Waals surface area contributed by atoms with Crippen molar-refractivity contribution in [1.29, 1.82) is 0 Å². The van der Waals surface area contributed by atoms with E-state index in [4.69, 9.17) is 4.42 Å². The van der Waals surface area contributed by atoms with Crippen LogP contribution in [0.3, 0.4) is 0 Å². The van der Waals surface area contributed by atoms with Crippen LogP contribution < -0.4 is 10.6 Å². The van der Waals surface area contributed by atoms with E-state index in [0.29, 0.717) is 17.9 Å². The van der Waals surface area contributed by atoms with E-state index in [1.165, 1.54) is 4.90 Å². The molecule has 0 aliphatic carbocycles. The summed E-state index contributed by atoms with van der Waals surface area (Å²) in [7, 11) is 0. The van der Waals surface area contributed by atoms with E-state index in [1.807, 2.05) is 50.2 Å². The summed E-state index contributed by atoms with van der Waals surface area (Å²) in [6, 6.07) is 15.5. The maximum atomic E-state index is 12.7. The Bertz CT molecular complexity index is 1040. The number of nitrogens with one attached hydrogen (secondary N) is 2. The second kappa shape index (κ2) is 9.83. The van der Waals surface area contributed by atoms with Gasteiger partial charge in [-0.05, 0) is 61.9 Å². The first-order chi connectivity index (χ1) is 14.8. The van der Waals surface area contributed by atoms with Gasteiger partial charge in [0, 0.05) is 10.6 Å². The molecule has 0 unspecified atom stereocenters. The summed E-state index contributed by atoms with van der Waals surface area (Å²) in [6.07, 6.45) is 1.86. The molecular formula is C24H27N3O3S. The molecule has 31 heavy (non-hydrogen) atoms. The van der Waals surface area contributed by atoms with Crippen LogP contribution >= 0.6 is 11.8 Å². The molecule has 1 heterocycles. The number of rotatable bonds is 8. The van der Waals surface area contributed by atoms with E-state index in [2.05, 4.69) is 22.5 Å². The molecule has 0 aliphatic rings. The molecule has 2 N–H and O–H groups in total. The number of hydrogen-bond donors (Lipinski definition) is 2. The third-order valence-corrected chi connectivity index (χ3v) is 5.79. The molecular weight excluding hydrogens is 410 g/mol. The summed E-state index contributed by atoms with van der Waals surface area (Å²) in [5, 5.41) is 5.61. The Morgan fingerprint density at radius 3 is 2.29 bits per heavy atom. The van der Waals surface area contributed by atoms with Gasteiger partial charge in [0.15, 0.2) is 0 Å². The number of hydrogen-bond acceptors (Lipinski definition) is 5. The van der Waals surface area contributed by atoms with Gasteiger partial charge in [-0.1, -0.05) is 31.2 Å². The quantitative estimate of drug-likeness (QED) is 0.474. The predicted molar refractivity (Wildman–Crippen MR) is 125 cm³/mol. The average molecular weight is 438 g/mol. The lowest BCUT2D eigenvalue weighted by Crippen LogP contribution is -2.34. The van der Waals surface area contributed by atoms with Crippen molar-refractivity contribution >= 4 is 35.3 Å². The molecule has 3 aromatic rings. The molecule has 7 heteroatoms. The summed E-state index contributed by atoms with van der Waals surface area (Å²) in [5.41, 5.74) is 1.67. The van der Waals surface area contributed by atoms with Gasteiger partial charge in [-0.15, -0.1) is 11.8 Å². The number of carbonyl (C=O) groups is 2. The lowest BCUT2D eigenvalue weighted by molar-refractivity contribution is -0.120. The average Bonchev–Trinajstić information content (AvgIpc) is 3.14. The normalized spacial score (nSPS) is 11.2. The van der Waals surface area contributed by atoms with Gasteiger partial charge in [0.05, 0.1) is 18.0 Å². The van der Waals surface area contributed by atoms with Crippen molar-refractivity contribution in [2.24, 2.45) is 0 Å². The number of benzene rings is 2. The van der Waals surface area contributed by atoms with Gasteiger partial charge in [0.1, 0.15) is 5.76 Å². The van der Waals surface area contributed by atoms with Gasteiger partial charge in [-0.3, -0.25) is 14.9 Å². The second-order valence-corrected chi connectivity index (χ2v) is 9.07. The Balaban J connectivity index is 1.59. The zero-order chi connectivity index (χ0) is 22.4. The maximum absolute atomic E-state index is 12.7. The lowest BCUT2D eigenvalue weighted by Gasteiger charge is -2.23. The molecule has 0 atom stereocenters. The fraction of sp³-hybridized carbons (Fsp3) is 0.292. The zero-order valence-corrected chi connectivity index (χ0v) is 19.0. The molecule has 162 valence electrons. The van der Waals surface area contributed by atoms with Crippen LogP contribution in [0.1, 0.15) is 37.7 Å². The third kappa shape index (κ3) is 5.98.